The summed E-state index contributed by atoms with van der Waals surface area (Å²) in [4.78, 5) is 11.4. The minimum atomic E-state index is -0.333. The van der Waals surface area contributed by atoms with Crippen LogP contribution in [0.3, 0.4) is 0 Å². The lowest BCUT2D eigenvalue weighted by atomic mass is 10.2. The van der Waals surface area contributed by atoms with E-state index in [1.165, 1.54) is 18.2 Å². The minimum Gasteiger partial charge on any atom is -0.393 e. The standard InChI is InChI=1S/C10H11FN2OS/c1-6-4-7(11)2-3-8(6)13-10(14)5-9(12)15/h2-4H,5H2,1H3,(H2,12,15)(H,13,14). The second-order valence-corrected chi connectivity index (χ2v) is 3.67. The van der Waals surface area contributed by atoms with Gasteiger partial charge >= 0.3 is 0 Å². The molecule has 3 nitrogen and oxygen atoms in total. The summed E-state index contributed by atoms with van der Waals surface area (Å²) in [7, 11) is 0. The third-order valence-electron chi connectivity index (χ3n) is 1.80. The maximum atomic E-state index is 12.7. The highest BCUT2D eigenvalue weighted by Gasteiger charge is 2.06. The number of hydrogen-bond acceptors (Lipinski definition) is 2. The molecule has 0 aliphatic carbocycles. The van der Waals surface area contributed by atoms with E-state index in [0.717, 1.165) is 0 Å². The zero-order chi connectivity index (χ0) is 11.4. The molecular formula is C10H11FN2OS. The van der Waals surface area contributed by atoms with Crippen molar-refractivity contribution < 1.29 is 9.18 Å². The second-order valence-electron chi connectivity index (χ2n) is 3.15. The number of thiocarbonyl (C=S) groups is 1. The number of anilines is 1. The number of benzene rings is 1. The lowest BCUT2D eigenvalue weighted by Gasteiger charge is -2.07. The topological polar surface area (TPSA) is 55.1 Å². The molecule has 0 radical (unpaired) electrons. The molecule has 15 heavy (non-hydrogen) atoms. The van der Waals surface area contributed by atoms with Crippen molar-refractivity contribution in [2.45, 2.75) is 13.3 Å². The van der Waals surface area contributed by atoms with Crippen molar-refractivity contribution in [2.75, 3.05) is 5.32 Å². The molecule has 5 heteroatoms. The molecule has 0 atom stereocenters. The van der Waals surface area contributed by atoms with Crippen LogP contribution in [0.1, 0.15) is 12.0 Å². The average molecular weight is 226 g/mol. The van der Waals surface area contributed by atoms with Gasteiger partial charge in [0.15, 0.2) is 0 Å². The summed E-state index contributed by atoms with van der Waals surface area (Å²) in [5.74, 6) is -0.628. The Morgan fingerprint density at radius 3 is 2.80 bits per heavy atom. The fourth-order valence-corrected chi connectivity index (χ4v) is 1.25. The maximum Gasteiger partial charge on any atom is 0.231 e. The molecule has 80 valence electrons. The molecule has 1 rings (SSSR count). The quantitative estimate of drug-likeness (QED) is 0.772. The Labute approximate surface area is 92.5 Å². The number of nitrogens with two attached hydrogens (primary N) is 1. The SMILES string of the molecule is Cc1cc(F)ccc1NC(=O)CC(N)=S. The Kier molecular flexibility index (Phi) is 3.74. The Bertz CT molecular complexity index is 406. The number of halogens is 1. The van der Waals surface area contributed by atoms with E-state index in [1.54, 1.807) is 6.92 Å². The van der Waals surface area contributed by atoms with E-state index in [9.17, 15) is 9.18 Å². The van der Waals surface area contributed by atoms with Gasteiger partial charge in [-0.15, -0.1) is 0 Å². The van der Waals surface area contributed by atoms with Crippen LogP contribution in [0, 0.1) is 12.7 Å². The van der Waals surface area contributed by atoms with Crippen molar-refractivity contribution in [1.29, 1.82) is 0 Å². The Morgan fingerprint density at radius 1 is 1.60 bits per heavy atom. The zero-order valence-electron chi connectivity index (χ0n) is 8.21. The summed E-state index contributed by atoms with van der Waals surface area (Å²) >= 11 is 4.60. The molecule has 0 bridgehead atoms. The number of carbonyl (C=O) groups is 1. The lowest BCUT2D eigenvalue weighted by molar-refractivity contribution is -0.115. The number of nitrogens with one attached hydrogen (secondary N) is 1. The number of rotatable bonds is 3. The van der Waals surface area contributed by atoms with Gasteiger partial charge in [0.25, 0.3) is 0 Å². The molecular weight excluding hydrogens is 215 g/mol. The molecule has 1 amide bonds. The van der Waals surface area contributed by atoms with E-state index in [-0.39, 0.29) is 23.1 Å². The van der Waals surface area contributed by atoms with Crippen molar-refractivity contribution in [3.05, 3.63) is 29.6 Å². The highest BCUT2D eigenvalue weighted by molar-refractivity contribution is 7.80. The molecule has 0 aliphatic rings. The van der Waals surface area contributed by atoms with Gasteiger partial charge in [0, 0.05) is 5.69 Å². The van der Waals surface area contributed by atoms with Crippen LogP contribution in [0.4, 0.5) is 10.1 Å². The average Bonchev–Trinajstić information content (AvgIpc) is 2.08. The summed E-state index contributed by atoms with van der Waals surface area (Å²) in [6.45, 7) is 1.71. The summed E-state index contributed by atoms with van der Waals surface area (Å²) in [5.41, 5.74) is 6.45. The van der Waals surface area contributed by atoms with E-state index in [0.29, 0.717) is 11.3 Å². The van der Waals surface area contributed by atoms with Crippen molar-refractivity contribution in [1.82, 2.24) is 0 Å². The van der Waals surface area contributed by atoms with Gasteiger partial charge in [-0.05, 0) is 30.7 Å². The predicted octanol–water partition coefficient (Wildman–Crippen LogP) is 1.75. The minimum absolute atomic E-state index is 0.00779. The Balaban J connectivity index is 2.72. The van der Waals surface area contributed by atoms with E-state index in [4.69, 9.17) is 5.73 Å². The molecule has 1 aromatic carbocycles. The van der Waals surface area contributed by atoms with Crippen LogP contribution < -0.4 is 11.1 Å². The van der Waals surface area contributed by atoms with Gasteiger partial charge in [0.05, 0.1) is 11.4 Å². The van der Waals surface area contributed by atoms with Crippen LogP contribution in [0.25, 0.3) is 0 Å². The van der Waals surface area contributed by atoms with E-state index in [2.05, 4.69) is 17.5 Å². The fourth-order valence-electron chi connectivity index (χ4n) is 1.12. The number of aryl methyl sites for hydroxylation is 1. The third kappa shape index (κ3) is 3.63. The molecule has 0 unspecified atom stereocenters. The molecule has 0 saturated heterocycles. The van der Waals surface area contributed by atoms with Gasteiger partial charge in [0.1, 0.15) is 5.82 Å². The number of amides is 1. The van der Waals surface area contributed by atoms with Crippen LogP contribution in [-0.2, 0) is 4.79 Å². The first kappa shape index (κ1) is 11.6. The van der Waals surface area contributed by atoms with Crippen LogP contribution in [-0.4, -0.2) is 10.9 Å². The van der Waals surface area contributed by atoms with Gasteiger partial charge in [0.2, 0.25) is 5.91 Å². The van der Waals surface area contributed by atoms with Gasteiger partial charge in [-0.2, -0.15) is 0 Å². The van der Waals surface area contributed by atoms with Crippen molar-refractivity contribution >= 4 is 28.8 Å². The molecule has 3 N–H and O–H groups in total. The predicted molar refractivity (Wildman–Crippen MR) is 61.2 cm³/mol. The lowest BCUT2D eigenvalue weighted by Crippen LogP contribution is -2.20. The van der Waals surface area contributed by atoms with Gasteiger partial charge < -0.3 is 11.1 Å². The normalized spacial score (nSPS) is 9.73. The monoisotopic (exact) mass is 226 g/mol. The van der Waals surface area contributed by atoms with Crippen LogP contribution in [0.5, 0.6) is 0 Å². The summed E-state index contributed by atoms with van der Waals surface area (Å²) in [6.07, 6.45) is -0.00779. The number of carbonyl (C=O) groups excluding carboxylic acids is 1. The highest BCUT2D eigenvalue weighted by Crippen LogP contribution is 2.15. The summed E-state index contributed by atoms with van der Waals surface area (Å²) in [5, 5.41) is 2.60. The van der Waals surface area contributed by atoms with Gasteiger partial charge in [-0.3, -0.25) is 4.79 Å². The van der Waals surface area contributed by atoms with Crippen LogP contribution >= 0.6 is 12.2 Å². The fraction of sp³-hybridized carbons (Fsp3) is 0.200. The van der Waals surface area contributed by atoms with Crippen molar-refractivity contribution in [3.63, 3.8) is 0 Å². The molecule has 0 heterocycles. The molecule has 0 spiro atoms. The van der Waals surface area contributed by atoms with E-state index < -0.39 is 0 Å². The first-order valence-electron chi connectivity index (χ1n) is 4.33. The third-order valence-corrected chi connectivity index (χ3v) is 1.94. The molecule has 0 aromatic heterocycles. The largest absolute Gasteiger partial charge is 0.393 e. The summed E-state index contributed by atoms with van der Waals surface area (Å²) in [6, 6.07) is 4.13. The van der Waals surface area contributed by atoms with Gasteiger partial charge in [-0.25, -0.2) is 4.39 Å². The molecule has 1 aromatic rings. The zero-order valence-corrected chi connectivity index (χ0v) is 9.03. The molecule has 0 fully saturated rings. The highest BCUT2D eigenvalue weighted by atomic mass is 32.1. The van der Waals surface area contributed by atoms with Crippen LogP contribution in [0.2, 0.25) is 0 Å². The first-order valence-corrected chi connectivity index (χ1v) is 4.74. The summed E-state index contributed by atoms with van der Waals surface area (Å²) < 4.78 is 12.7. The maximum absolute atomic E-state index is 12.7. The number of hydrogen-bond donors (Lipinski definition) is 2. The second kappa shape index (κ2) is 4.84. The Morgan fingerprint density at radius 2 is 2.27 bits per heavy atom. The van der Waals surface area contributed by atoms with E-state index in [1.807, 2.05) is 0 Å². The van der Waals surface area contributed by atoms with Crippen molar-refractivity contribution in [2.24, 2.45) is 5.73 Å². The van der Waals surface area contributed by atoms with E-state index >= 15 is 0 Å². The van der Waals surface area contributed by atoms with Crippen LogP contribution in [0.15, 0.2) is 18.2 Å². The molecule has 0 aliphatic heterocycles. The Hall–Kier alpha value is -1.49. The first-order chi connectivity index (χ1) is 6.99. The smallest absolute Gasteiger partial charge is 0.231 e. The molecule has 0 saturated carbocycles. The van der Waals surface area contributed by atoms with Gasteiger partial charge in [-0.1, -0.05) is 12.2 Å². The van der Waals surface area contributed by atoms with Crippen molar-refractivity contribution in [3.8, 4) is 0 Å².